The first-order valence-electron chi connectivity index (χ1n) is 6.21. The molecule has 0 aromatic rings. The number of carbonyl (C=O) groups excluding carboxylic acids is 2. The van der Waals surface area contributed by atoms with Crippen LogP contribution in [-0.4, -0.2) is 49.4 Å². The van der Waals surface area contributed by atoms with Crippen LogP contribution in [-0.2, 0) is 9.59 Å². The fourth-order valence-electron chi connectivity index (χ4n) is 1.38. The molecular weight excluding hydrogens is 218 g/mol. The molecule has 0 bridgehead atoms. The zero-order chi connectivity index (χ0) is 13.3. The number of hydrogen-bond acceptors (Lipinski definition) is 3. The first kappa shape index (κ1) is 15.9. The molecule has 0 atom stereocenters. The molecule has 0 spiro atoms. The summed E-state index contributed by atoms with van der Waals surface area (Å²) in [6, 6.07) is 0.443. The second-order valence-electron chi connectivity index (χ2n) is 4.42. The minimum Gasteiger partial charge on any atom is -0.355 e. The number of amides is 2. The number of likely N-dealkylation sites (N-methyl/N-ethyl adjacent to an activating group) is 2. The maximum atomic E-state index is 11.6. The lowest BCUT2D eigenvalue weighted by Crippen LogP contribution is -2.38. The van der Waals surface area contributed by atoms with Gasteiger partial charge >= 0.3 is 0 Å². The molecule has 0 aromatic heterocycles. The maximum absolute atomic E-state index is 11.6. The van der Waals surface area contributed by atoms with Crippen LogP contribution in [0.5, 0.6) is 0 Å². The van der Waals surface area contributed by atoms with Gasteiger partial charge in [0.15, 0.2) is 0 Å². The fourth-order valence-corrected chi connectivity index (χ4v) is 1.38. The Kier molecular flexibility index (Phi) is 8.40. The Bertz CT molecular complexity index is 242. The minimum absolute atomic E-state index is 0.0156. The summed E-state index contributed by atoms with van der Waals surface area (Å²) >= 11 is 0. The van der Waals surface area contributed by atoms with Gasteiger partial charge in [0, 0.05) is 26.1 Å². The molecule has 0 unspecified atom stereocenters. The van der Waals surface area contributed by atoms with Crippen molar-refractivity contribution in [3.63, 3.8) is 0 Å². The fraction of sp³-hybridized carbons (Fsp3) is 0.833. The molecule has 0 rings (SSSR count). The highest BCUT2D eigenvalue weighted by Gasteiger charge is 2.11. The predicted molar refractivity (Wildman–Crippen MR) is 68.7 cm³/mol. The third-order valence-electron chi connectivity index (χ3n) is 2.30. The van der Waals surface area contributed by atoms with Crippen molar-refractivity contribution in [1.29, 1.82) is 0 Å². The van der Waals surface area contributed by atoms with Gasteiger partial charge in [0.25, 0.3) is 0 Å². The van der Waals surface area contributed by atoms with Crippen molar-refractivity contribution in [2.45, 2.75) is 39.7 Å². The molecule has 0 saturated heterocycles. The van der Waals surface area contributed by atoms with Crippen molar-refractivity contribution < 1.29 is 9.59 Å². The van der Waals surface area contributed by atoms with Gasteiger partial charge in [-0.05, 0) is 19.9 Å². The van der Waals surface area contributed by atoms with Gasteiger partial charge in [-0.1, -0.05) is 13.8 Å². The van der Waals surface area contributed by atoms with Crippen molar-refractivity contribution in [2.75, 3.05) is 26.7 Å². The Hall–Kier alpha value is -1.10. The van der Waals surface area contributed by atoms with E-state index in [9.17, 15) is 9.59 Å². The van der Waals surface area contributed by atoms with Gasteiger partial charge in [-0.15, -0.1) is 0 Å². The highest BCUT2D eigenvalue weighted by atomic mass is 16.2. The monoisotopic (exact) mass is 243 g/mol. The molecule has 17 heavy (non-hydrogen) atoms. The van der Waals surface area contributed by atoms with E-state index in [-0.39, 0.29) is 18.4 Å². The van der Waals surface area contributed by atoms with Crippen LogP contribution in [0.15, 0.2) is 0 Å². The van der Waals surface area contributed by atoms with Gasteiger partial charge in [-0.25, -0.2) is 0 Å². The summed E-state index contributed by atoms with van der Waals surface area (Å²) in [5, 5.41) is 5.92. The molecule has 100 valence electrons. The molecule has 0 radical (unpaired) electrons. The lowest BCUT2D eigenvalue weighted by Gasteiger charge is -2.16. The van der Waals surface area contributed by atoms with E-state index in [0.717, 1.165) is 13.0 Å². The van der Waals surface area contributed by atoms with Crippen LogP contribution < -0.4 is 10.6 Å². The Balaban J connectivity index is 3.71. The third kappa shape index (κ3) is 8.68. The molecule has 0 aliphatic rings. The second kappa shape index (κ2) is 8.98. The molecule has 0 aliphatic heterocycles. The zero-order valence-corrected chi connectivity index (χ0v) is 11.4. The van der Waals surface area contributed by atoms with Gasteiger partial charge in [0.2, 0.25) is 11.8 Å². The molecule has 5 nitrogen and oxygen atoms in total. The molecular formula is C12H25N3O2. The second-order valence-corrected chi connectivity index (χ2v) is 4.42. The summed E-state index contributed by atoms with van der Waals surface area (Å²) in [5.74, 6) is -0.0922. The average molecular weight is 243 g/mol. The van der Waals surface area contributed by atoms with Crippen LogP contribution in [0.2, 0.25) is 0 Å². The summed E-state index contributed by atoms with van der Waals surface area (Å²) < 4.78 is 0. The average Bonchev–Trinajstić information content (AvgIpc) is 2.23. The Morgan fingerprint density at radius 3 is 2.47 bits per heavy atom. The van der Waals surface area contributed by atoms with Gasteiger partial charge in [0.05, 0.1) is 6.54 Å². The summed E-state index contributed by atoms with van der Waals surface area (Å²) in [4.78, 5) is 24.4. The highest BCUT2D eigenvalue weighted by Crippen LogP contribution is 1.95. The van der Waals surface area contributed by atoms with Crippen LogP contribution >= 0.6 is 0 Å². The van der Waals surface area contributed by atoms with E-state index in [1.54, 1.807) is 7.05 Å². The molecule has 2 N–H and O–H groups in total. The molecule has 0 aromatic carbocycles. The summed E-state index contributed by atoms with van der Waals surface area (Å²) in [6.45, 7) is 7.57. The van der Waals surface area contributed by atoms with Gasteiger partial charge in [0.1, 0.15) is 0 Å². The summed E-state index contributed by atoms with van der Waals surface area (Å²) in [5.41, 5.74) is 0. The Morgan fingerprint density at radius 1 is 1.29 bits per heavy atom. The first-order valence-corrected chi connectivity index (χ1v) is 6.21. The first-order chi connectivity index (χ1) is 7.97. The highest BCUT2D eigenvalue weighted by molar-refractivity contribution is 5.84. The predicted octanol–water partition coefficient (Wildman–Crippen LogP) is 0.359. The van der Waals surface area contributed by atoms with E-state index in [0.29, 0.717) is 19.0 Å². The van der Waals surface area contributed by atoms with Crippen molar-refractivity contribution >= 4 is 11.8 Å². The number of carbonyl (C=O) groups is 2. The normalized spacial score (nSPS) is 10.4. The van der Waals surface area contributed by atoms with E-state index in [4.69, 9.17) is 0 Å². The van der Waals surface area contributed by atoms with E-state index in [1.165, 1.54) is 4.90 Å². The molecule has 0 saturated carbocycles. The standard InChI is InChI=1S/C12H25N3O2/c1-5-13-11(16)9-15(4)12(17)7-6-8-14-10(2)3/h10,14H,5-9H2,1-4H3,(H,13,16). The van der Waals surface area contributed by atoms with Crippen LogP contribution in [0.3, 0.4) is 0 Å². The van der Waals surface area contributed by atoms with Crippen LogP contribution in [0.4, 0.5) is 0 Å². The lowest BCUT2D eigenvalue weighted by molar-refractivity contribution is -0.134. The number of hydrogen-bond donors (Lipinski definition) is 2. The number of nitrogens with one attached hydrogen (secondary N) is 2. The van der Waals surface area contributed by atoms with E-state index in [2.05, 4.69) is 24.5 Å². The SMILES string of the molecule is CCNC(=O)CN(C)C(=O)CCCNC(C)C. The zero-order valence-electron chi connectivity index (χ0n) is 11.4. The summed E-state index contributed by atoms with van der Waals surface area (Å²) in [6.07, 6.45) is 1.28. The van der Waals surface area contributed by atoms with Gasteiger partial charge in [-0.2, -0.15) is 0 Å². The van der Waals surface area contributed by atoms with Gasteiger partial charge < -0.3 is 15.5 Å². The molecule has 0 aliphatic carbocycles. The van der Waals surface area contributed by atoms with E-state index < -0.39 is 0 Å². The summed E-state index contributed by atoms with van der Waals surface area (Å²) in [7, 11) is 1.66. The van der Waals surface area contributed by atoms with Crippen LogP contribution in [0.25, 0.3) is 0 Å². The topological polar surface area (TPSA) is 61.4 Å². The number of nitrogens with zero attached hydrogens (tertiary/aromatic N) is 1. The van der Waals surface area contributed by atoms with Crippen molar-refractivity contribution in [3.8, 4) is 0 Å². The largest absolute Gasteiger partial charge is 0.355 e. The smallest absolute Gasteiger partial charge is 0.239 e. The number of rotatable bonds is 8. The van der Waals surface area contributed by atoms with Crippen LogP contribution in [0.1, 0.15) is 33.6 Å². The maximum Gasteiger partial charge on any atom is 0.239 e. The van der Waals surface area contributed by atoms with Crippen molar-refractivity contribution in [1.82, 2.24) is 15.5 Å². The Morgan fingerprint density at radius 2 is 1.94 bits per heavy atom. The molecule has 0 heterocycles. The lowest BCUT2D eigenvalue weighted by atomic mass is 10.2. The molecule has 0 fully saturated rings. The molecule has 5 heteroatoms. The van der Waals surface area contributed by atoms with Gasteiger partial charge in [-0.3, -0.25) is 9.59 Å². The van der Waals surface area contributed by atoms with Crippen molar-refractivity contribution in [3.05, 3.63) is 0 Å². The quantitative estimate of drug-likeness (QED) is 0.605. The minimum atomic E-state index is -0.108. The van der Waals surface area contributed by atoms with Crippen molar-refractivity contribution in [2.24, 2.45) is 0 Å². The Labute approximate surface area is 104 Å². The van der Waals surface area contributed by atoms with E-state index in [1.807, 2.05) is 6.92 Å². The molecule has 2 amide bonds. The van der Waals surface area contributed by atoms with E-state index >= 15 is 0 Å². The van der Waals surface area contributed by atoms with Crippen LogP contribution in [0, 0.1) is 0 Å². The third-order valence-corrected chi connectivity index (χ3v) is 2.30.